The van der Waals surface area contributed by atoms with Gasteiger partial charge in [-0.05, 0) is 11.1 Å². The number of nitrogens with zero attached hydrogens (tertiary/aromatic N) is 1. The molecule has 0 aromatic heterocycles. The van der Waals surface area contributed by atoms with Gasteiger partial charge in [-0.3, -0.25) is 10.1 Å². The molecule has 5 nitrogen and oxygen atoms in total. The number of rotatable bonds is 4. The Morgan fingerprint density at radius 2 is 1.47 bits per heavy atom. The molecule has 0 saturated carbocycles. The summed E-state index contributed by atoms with van der Waals surface area (Å²) in [5.41, 5.74) is 0.960. The standard InChI is InChI=1S/C14H11NO4/c16-14(17)13(10-4-2-1-3-5-10)11-6-8-12(9-7-11)15(18)19/h1-9,13H,(H,16,17)/p-1. The molecule has 0 aliphatic carbocycles. The van der Waals surface area contributed by atoms with Crippen LogP contribution in [0, 0.1) is 10.1 Å². The summed E-state index contributed by atoms with van der Waals surface area (Å²) in [6.45, 7) is 0. The van der Waals surface area contributed by atoms with E-state index in [9.17, 15) is 20.0 Å². The average molecular weight is 256 g/mol. The van der Waals surface area contributed by atoms with Crippen LogP contribution in [0.25, 0.3) is 0 Å². The smallest absolute Gasteiger partial charge is 0.269 e. The minimum absolute atomic E-state index is 0.0751. The van der Waals surface area contributed by atoms with E-state index in [1.54, 1.807) is 30.3 Å². The molecule has 0 bridgehead atoms. The predicted molar refractivity (Wildman–Crippen MR) is 66.4 cm³/mol. The number of carboxylic acid groups (broad SMARTS) is 1. The number of nitro benzene ring substituents is 1. The molecule has 96 valence electrons. The summed E-state index contributed by atoms with van der Waals surface area (Å²) in [7, 11) is 0. The van der Waals surface area contributed by atoms with Crippen LogP contribution in [-0.2, 0) is 4.79 Å². The summed E-state index contributed by atoms with van der Waals surface area (Å²) >= 11 is 0. The van der Waals surface area contributed by atoms with Crippen molar-refractivity contribution >= 4 is 11.7 Å². The Bertz CT molecular complexity index is 593. The molecule has 0 fully saturated rings. The highest BCUT2D eigenvalue weighted by molar-refractivity contribution is 5.78. The Kier molecular flexibility index (Phi) is 3.56. The maximum Gasteiger partial charge on any atom is 0.269 e. The zero-order valence-corrected chi connectivity index (χ0v) is 9.85. The third kappa shape index (κ3) is 2.77. The molecule has 1 atom stereocenters. The van der Waals surface area contributed by atoms with Gasteiger partial charge >= 0.3 is 0 Å². The van der Waals surface area contributed by atoms with Crippen molar-refractivity contribution in [2.75, 3.05) is 0 Å². The van der Waals surface area contributed by atoms with E-state index in [0.717, 1.165) is 0 Å². The normalized spacial score (nSPS) is 11.8. The van der Waals surface area contributed by atoms with E-state index in [0.29, 0.717) is 11.1 Å². The molecule has 2 aromatic carbocycles. The van der Waals surface area contributed by atoms with E-state index in [1.165, 1.54) is 24.3 Å². The summed E-state index contributed by atoms with van der Waals surface area (Å²) in [4.78, 5) is 21.3. The highest BCUT2D eigenvalue weighted by atomic mass is 16.6. The Morgan fingerprint density at radius 3 is 1.95 bits per heavy atom. The number of aliphatic carboxylic acids is 1. The van der Waals surface area contributed by atoms with Crippen molar-refractivity contribution in [3.8, 4) is 0 Å². The molecule has 0 aliphatic rings. The van der Waals surface area contributed by atoms with Crippen LogP contribution in [0.1, 0.15) is 17.0 Å². The Morgan fingerprint density at radius 1 is 0.947 bits per heavy atom. The van der Waals surface area contributed by atoms with E-state index in [4.69, 9.17) is 0 Å². The van der Waals surface area contributed by atoms with Crippen LogP contribution in [-0.4, -0.2) is 10.9 Å². The highest BCUT2D eigenvalue weighted by Gasteiger charge is 2.16. The molecule has 0 amide bonds. The summed E-state index contributed by atoms with van der Waals surface area (Å²) in [5.74, 6) is -2.16. The lowest BCUT2D eigenvalue weighted by Gasteiger charge is -2.18. The first-order valence-corrected chi connectivity index (χ1v) is 5.60. The second-order valence-corrected chi connectivity index (χ2v) is 4.01. The van der Waals surface area contributed by atoms with E-state index < -0.39 is 16.8 Å². The molecule has 2 rings (SSSR count). The third-order valence-corrected chi connectivity index (χ3v) is 2.81. The number of carbonyl (C=O) groups is 1. The van der Waals surface area contributed by atoms with E-state index in [1.807, 2.05) is 0 Å². The van der Waals surface area contributed by atoms with Crippen molar-refractivity contribution in [2.45, 2.75) is 5.92 Å². The van der Waals surface area contributed by atoms with Crippen molar-refractivity contribution in [2.24, 2.45) is 0 Å². The fraction of sp³-hybridized carbons (Fsp3) is 0.0714. The summed E-state index contributed by atoms with van der Waals surface area (Å²) in [6.07, 6.45) is 0. The molecule has 2 aromatic rings. The fourth-order valence-corrected chi connectivity index (χ4v) is 1.90. The van der Waals surface area contributed by atoms with Crippen molar-refractivity contribution in [1.29, 1.82) is 0 Å². The number of carbonyl (C=O) groups excluding carboxylic acids is 1. The van der Waals surface area contributed by atoms with E-state index in [2.05, 4.69) is 0 Å². The molecular weight excluding hydrogens is 246 g/mol. The fourth-order valence-electron chi connectivity index (χ4n) is 1.90. The number of nitro groups is 1. The summed E-state index contributed by atoms with van der Waals surface area (Å²) < 4.78 is 0. The van der Waals surface area contributed by atoms with Crippen LogP contribution in [0.15, 0.2) is 54.6 Å². The quantitative estimate of drug-likeness (QED) is 0.612. The van der Waals surface area contributed by atoms with Crippen LogP contribution in [0.5, 0.6) is 0 Å². The first kappa shape index (κ1) is 12.8. The SMILES string of the molecule is O=C([O-])C(c1ccccc1)c1ccc([N+](=O)[O-])cc1. The van der Waals surface area contributed by atoms with Crippen molar-refractivity contribution < 1.29 is 14.8 Å². The predicted octanol–water partition coefficient (Wildman–Crippen LogP) is 1.48. The molecule has 5 heteroatoms. The zero-order chi connectivity index (χ0) is 13.8. The van der Waals surface area contributed by atoms with Gasteiger partial charge in [-0.15, -0.1) is 0 Å². The minimum atomic E-state index is -1.24. The Hall–Kier alpha value is -2.69. The zero-order valence-electron chi connectivity index (χ0n) is 9.85. The van der Waals surface area contributed by atoms with Gasteiger partial charge in [0.1, 0.15) is 0 Å². The van der Waals surface area contributed by atoms with Gasteiger partial charge in [-0.25, -0.2) is 0 Å². The minimum Gasteiger partial charge on any atom is -0.549 e. The molecule has 0 heterocycles. The first-order valence-electron chi connectivity index (χ1n) is 5.60. The molecular formula is C14H10NO4-. The molecule has 19 heavy (non-hydrogen) atoms. The average Bonchev–Trinajstić information content (AvgIpc) is 2.40. The molecule has 0 spiro atoms. The number of benzene rings is 2. The molecule has 0 saturated heterocycles. The second kappa shape index (κ2) is 5.30. The summed E-state index contributed by atoms with van der Waals surface area (Å²) in [5, 5.41) is 21.8. The molecule has 1 unspecified atom stereocenters. The largest absolute Gasteiger partial charge is 0.549 e. The highest BCUT2D eigenvalue weighted by Crippen LogP contribution is 2.25. The van der Waals surface area contributed by atoms with Crippen LogP contribution < -0.4 is 5.11 Å². The van der Waals surface area contributed by atoms with Gasteiger partial charge in [-0.2, -0.15) is 0 Å². The van der Waals surface area contributed by atoms with Crippen molar-refractivity contribution in [1.82, 2.24) is 0 Å². The van der Waals surface area contributed by atoms with Crippen LogP contribution in [0.2, 0.25) is 0 Å². The first-order chi connectivity index (χ1) is 9.09. The molecule has 0 radical (unpaired) electrons. The van der Waals surface area contributed by atoms with Gasteiger partial charge < -0.3 is 9.90 Å². The third-order valence-electron chi connectivity index (χ3n) is 2.81. The lowest BCUT2D eigenvalue weighted by atomic mass is 9.91. The van der Waals surface area contributed by atoms with Gasteiger partial charge in [0.25, 0.3) is 5.69 Å². The maximum atomic E-state index is 11.3. The Balaban J connectivity index is 2.40. The number of hydrogen-bond acceptors (Lipinski definition) is 4. The van der Waals surface area contributed by atoms with Gasteiger partial charge in [0.2, 0.25) is 0 Å². The monoisotopic (exact) mass is 256 g/mol. The lowest BCUT2D eigenvalue weighted by molar-refractivity contribution is -0.384. The molecule has 0 N–H and O–H groups in total. The number of carboxylic acids is 1. The van der Waals surface area contributed by atoms with Crippen molar-refractivity contribution in [3.63, 3.8) is 0 Å². The van der Waals surface area contributed by atoms with Crippen LogP contribution in [0.3, 0.4) is 0 Å². The van der Waals surface area contributed by atoms with Gasteiger partial charge in [-0.1, -0.05) is 42.5 Å². The molecule has 0 aliphatic heterocycles. The second-order valence-electron chi connectivity index (χ2n) is 4.01. The Labute approximate surface area is 109 Å². The van der Waals surface area contributed by atoms with Gasteiger partial charge in [0.05, 0.1) is 10.9 Å². The van der Waals surface area contributed by atoms with Gasteiger partial charge in [0.15, 0.2) is 0 Å². The maximum absolute atomic E-state index is 11.3. The van der Waals surface area contributed by atoms with Crippen LogP contribution >= 0.6 is 0 Å². The number of hydrogen-bond donors (Lipinski definition) is 0. The van der Waals surface area contributed by atoms with Crippen molar-refractivity contribution in [3.05, 3.63) is 75.8 Å². The van der Waals surface area contributed by atoms with Gasteiger partial charge in [0, 0.05) is 18.1 Å². The van der Waals surface area contributed by atoms with E-state index in [-0.39, 0.29) is 5.69 Å². The number of non-ortho nitro benzene ring substituents is 1. The topological polar surface area (TPSA) is 83.3 Å². The summed E-state index contributed by atoms with van der Waals surface area (Å²) in [6, 6.07) is 14.1. The lowest BCUT2D eigenvalue weighted by Crippen LogP contribution is -2.30. The van der Waals surface area contributed by atoms with Crippen LogP contribution in [0.4, 0.5) is 5.69 Å². The van der Waals surface area contributed by atoms with E-state index >= 15 is 0 Å².